The molecule has 3 aromatic rings. The van der Waals surface area contributed by atoms with Gasteiger partial charge in [0.05, 0.1) is 11.0 Å². The predicted molar refractivity (Wildman–Crippen MR) is 117 cm³/mol. The van der Waals surface area contributed by atoms with Crippen LogP contribution >= 0.6 is 0 Å². The summed E-state index contributed by atoms with van der Waals surface area (Å²) in [6, 6.07) is 16.9. The van der Waals surface area contributed by atoms with Gasteiger partial charge < -0.3 is 14.8 Å². The molecule has 0 radical (unpaired) electrons. The summed E-state index contributed by atoms with van der Waals surface area (Å²) in [7, 11) is 0. The van der Waals surface area contributed by atoms with Crippen molar-refractivity contribution in [1.82, 2.24) is 14.9 Å². The number of benzene rings is 2. The van der Waals surface area contributed by atoms with Gasteiger partial charge in [0, 0.05) is 30.7 Å². The van der Waals surface area contributed by atoms with Crippen LogP contribution in [0.25, 0.3) is 11.0 Å². The highest BCUT2D eigenvalue weighted by Gasteiger charge is 2.30. The van der Waals surface area contributed by atoms with Crippen molar-refractivity contribution in [2.45, 2.75) is 51.1 Å². The second-order valence-corrected chi connectivity index (χ2v) is 8.48. The molecule has 5 rings (SSSR count). The first-order valence-corrected chi connectivity index (χ1v) is 10.8. The number of aryl methyl sites for hydroxylation is 1. The molecule has 150 valence electrons. The molecule has 1 aliphatic carbocycles. The molecule has 1 N–H and O–H groups in total. The minimum atomic E-state index is 0.0149. The first-order chi connectivity index (χ1) is 14.2. The Kier molecular flexibility index (Phi) is 4.74. The lowest BCUT2D eigenvalue weighted by atomic mass is 10.1. The van der Waals surface area contributed by atoms with Gasteiger partial charge in [-0.05, 0) is 50.5 Å². The number of hydrogen-bond donors (Lipinski definition) is 1. The molecule has 5 nitrogen and oxygen atoms in total. The van der Waals surface area contributed by atoms with Crippen molar-refractivity contribution in [2.75, 3.05) is 18.0 Å². The van der Waals surface area contributed by atoms with Crippen molar-refractivity contribution < 1.29 is 4.79 Å². The van der Waals surface area contributed by atoms with Crippen molar-refractivity contribution in [3.8, 4) is 0 Å². The number of rotatable bonds is 4. The lowest BCUT2D eigenvalue weighted by molar-refractivity contribution is 0.0940. The van der Waals surface area contributed by atoms with Gasteiger partial charge in [-0.2, -0.15) is 0 Å². The lowest BCUT2D eigenvalue weighted by Gasteiger charge is -2.23. The monoisotopic (exact) mass is 388 g/mol. The Morgan fingerprint density at radius 1 is 1.03 bits per heavy atom. The van der Waals surface area contributed by atoms with Gasteiger partial charge in [-0.1, -0.05) is 42.7 Å². The van der Waals surface area contributed by atoms with Gasteiger partial charge in [-0.25, -0.2) is 4.98 Å². The molecule has 2 fully saturated rings. The first kappa shape index (κ1) is 18.2. The summed E-state index contributed by atoms with van der Waals surface area (Å²) in [4.78, 5) is 20.0. The van der Waals surface area contributed by atoms with Crippen molar-refractivity contribution in [1.29, 1.82) is 0 Å². The standard InChI is InChI=1S/C24H28N4O/c1-17-10-12-18(13-11-17)23(29)25-19-14-15-27(16-19)24-26-21-8-4-5-9-22(21)28(24)20-6-2-3-7-20/h4-5,8-13,19-20H,2-3,6-7,14-16H2,1H3,(H,25,29). The van der Waals surface area contributed by atoms with E-state index >= 15 is 0 Å². The highest BCUT2D eigenvalue weighted by atomic mass is 16.1. The van der Waals surface area contributed by atoms with E-state index in [2.05, 4.69) is 39.0 Å². The van der Waals surface area contributed by atoms with Crippen molar-refractivity contribution in [3.05, 3.63) is 59.7 Å². The number of aromatic nitrogens is 2. The maximum atomic E-state index is 12.6. The average molecular weight is 389 g/mol. The molecule has 1 unspecified atom stereocenters. The van der Waals surface area contributed by atoms with Crippen LogP contribution in [0.1, 0.15) is 54.1 Å². The quantitative estimate of drug-likeness (QED) is 0.717. The van der Waals surface area contributed by atoms with E-state index in [-0.39, 0.29) is 11.9 Å². The fraction of sp³-hybridized carbons (Fsp3) is 0.417. The molecule has 1 amide bonds. The molecule has 0 spiro atoms. The van der Waals surface area contributed by atoms with Gasteiger partial charge in [0.1, 0.15) is 0 Å². The number of nitrogens with one attached hydrogen (secondary N) is 1. The van der Waals surface area contributed by atoms with E-state index in [0.717, 1.165) is 36.5 Å². The maximum Gasteiger partial charge on any atom is 0.251 e. The van der Waals surface area contributed by atoms with Crippen molar-refractivity contribution >= 4 is 22.9 Å². The van der Waals surface area contributed by atoms with Gasteiger partial charge in [-0.15, -0.1) is 0 Å². The minimum Gasteiger partial charge on any atom is -0.347 e. The summed E-state index contributed by atoms with van der Waals surface area (Å²) < 4.78 is 2.46. The third-order valence-corrected chi connectivity index (χ3v) is 6.39. The van der Waals surface area contributed by atoms with Crippen LogP contribution in [0.4, 0.5) is 5.95 Å². The van der Waals surface area contributed by atoms with E-state index in [1.807, 2.05) is 31.2 Å². The van der Waals surface area contributed by atoms with E-state index in [0.29, 0.717) is 6.04 Å². The molecule has 5 heteroatoms. The molecule has 1 aromatic heterocycles. The fourth-order valence-corrected chi connectivity index (χ4v) is 4.81. The Morgan fingerprint density at radius 2 is 1.79 bits per heavy atom. The van der Waals surface area contributed by atoms with E-state index < -0.39 is 0 Å². The summed E-state index contributed by atoms with van der Waals surface area (Å²) in [5.74, 6) is 1.09. The number of carbonyl (C=O) groups excluding carboxylic acids is 1. The molecule has 29 heavy (non-hydrogen) atoms. The van der Waals surface area contributed by atoms with Crippen molar-refractivity contribution in [2.24, 2.45) is 0 Å². The number of fused-ring (bicyclic) bond motifs is 1. The summed E-state index contributed by atoms with van der Waals surface area (Å²) in [5.41, 5.74) is 4.20. The zero-order valence-electron chi connectivity index (χ0n) is 17.0. The molecular formula is C24H28N4O. The number of para-hydroxylation sites is 2. The van der Waals surface area contributed by atoms with Crippen LogP contribution in [-0.4, -0.2) is 34.6 Å². The number of nitrogens with zero attached hydrogens (tertiary/aromatic N) is 3. The normalized spacial score (nSPS) is 19.9. The first-order valence-electron chi connectivity index (χ1n) is 10.8. The second-order valence-electron chi connectivity index (χ2n) is 8.48. The number of hydrogen-bond acceptors (Lipinski definition) is 3. The van der Waals surface area contributed by atoms with Crippen LogP contribution < -0.4 is 10.2 Å². The maximum absolute atomic E-state index is 12.6. The second kappa shape index (κ2) is 7.54. The smallest absolute Gasteiger partial charge is 0.251 e. The molecule has 0 bridgehead atoms. The van der Waals surface area contributed by atoms with Crippen LogP contribution in [0.5, 0.6) is 0 Å². The topological polar surface area (TPSA) is 50.2 Å². The molecule has 1 atom stereocenters. The van der Waals surface area contributed by atoms with Crippen LogP contribution in [0.15, 0.2) is 48.5 Å². The Morgan fingerprint density at radius 3 is 2.59 bits per heavy atom. The summed E-state index contributed by atoms with van der Waals surface area (Å²) in [5, 5.41) is 3.22. The highest BCUT2D eigenvalue weighted by Crippen LogP contribution is 2.37. The Hall–Kier alpha value is -2.82. The Labute approximate surface area is 171 Å². The summed E-state index contributed by atoms with van der Waals surface area (Å²) in [6.07, 6.45) is 6.01. The molecule has 1 aliphatic heterocycles. The van der Waals surface area contributed by atoms with E-state index in [9.17, 15) is 4.79 Å². The molecule has 2 aromatic carbocycles. The van der Waals surface area contributed by atoms with Crippen LogP contribution in [-0.2, 0) is 0 Å². The zero-order chi connectivity index (χ0) is 19.8. The van der Waals surface area contributed by atoms with Gasteiger partial charge in [0.15, 0.2) is 0 Å². The highest BCUT2D eigenvalue weighted by molar-refractivity contribution is 5.94. The lowest BCUT2D eigenvalue weighted by Crippen LogP contribution is -2.37. The van der Waals surface area contributed by atoms with Gasteiger partial charge in [0.2, 0.25) is 5.95 Å². The van der Waals surface area contributed by atoms with Crippen molar-refractivity contribution in [3.63, 3.8) is 0 Å². The van der Waals surface area contributed by atoms with Gasteiger partial charge in [-0.3, -0.25) is 4.79 Å². The van der Waals surface area contributed by atoms with E-state index in [1.165, 1.54) is 36.8 Å². The van der Waals surface area contributed by atoms with Gasteiger partial charge in [0.25, 0.3) is 5.91 Å². The minimum absolute atomic E-state index is 0.0149. The SMILES string of the molecule is Cc1ccc(C(=O)NC2CCN(c3nc4ccccc4n3C3CCCC3)C2)cc1. The molecule has 2 aliphatic rings. The number of amides is 1. The third-order valence-electron chi connectivity index (χ3n) is 6.39. The van der Waals surface area contributed by atoms with Crippen LogP contribution in [0, 0.1) is 6.92 Å². The summed E-state index contributed by atoms with van der Waals surface area (Å²) >= 11 is 0. The third kappa shape index (κ3) is 3.50. The predicted octanol–water partition coefficient (Wildman–Crippen LogP) is 4.47. The largest absolute Gasteiger partial charge is 0.347 e. The van der Waals surface area contributed by atoms with E-state index in [4.69, 9.17) is 4.98 Å². The molecule has 2 heterocycles. The summed E-state index contributed by atoms with van der Waals surface area (Å²) in [6.45, 7) is 3.77. The fourth-order valence-electron chi connectivity index (χ4n) is 4.81. The Bertz CT molecular complexity index is 1020. The van der Waals surface area contributed by atoms with Gasteiger partial charge >= 0.3 is 0 Å². The number of carbonyl (C=O) groups is 1. The number of imidazole rings is 1. The average Bonchev–Trinajstić information content (AvgIpc) is 3.47. The molecule has 1 saturated heterocycles. The number of anilines is 1. The Balaban J connectivity index is 1.36. The van der Waals surface area contributed by atoms with E-state index in [1.54, 1.807) is 0 Å². The zero-order valence-corrected chi connectivity index (χ0v) is 17.0. The van der Waals surface area contributed by atoms with Crippen LogP contribution in [0.3, 0.4) is 0 Å². The molecule has 1 saturated carbocycles. The molecular weight excluding hydrogens is 360 g/mol. The van der Waals surface area contributed by atoms with Crippen LogP contribution in [0.2, 0.25) is 0 Å².